The number of amides is 2. The van der Waals surface area contributed by atoms with Gasteiger partial charge in [-0.1, -0.05) is 6.92 Å². The van der Waals surface area contributed by atoms with Crippen molar-refractivity contribution in [2.24, 2.45) is 5.92 Å². The average molecular weight is 254 g/mol. The number of thiazole rings is 1. The zero-order chi connectivity index (χ0) is 12.6. The van der Waals surface area contributed by atoms with Gasteiger partial charge in [0, 0.05) is 17.7 Å². The zero-order valence-electron chi connectivity index (χ0n) is 9.04. The Morgan fingerprint density at radius 1 is 1.65 bits per heavy atom. The number of hydrogen-bond donors (Lipinski definition) is 1. The molecule has 1 unspecified atom stereocenters. The number of nitrogens with zero attached hydrogens (tertiary/aromatic N) is 2. The van der Waals surface area contributed by atoms with E-state index in [1.165, 1.54) is 0 Å². The van der Waals surface area contributed by atoms with Crippen LogP contribution in [-0.2, 0) is 16.1 Å². The van der Waals surface area contributed by atoms with Crippen LogP contribution in [0.5, 0.6) is 0 Å². The number of likely N-dealkylation sites (tertiary alicyclic amines) is 1. The number of carboxylic acids is 1. The predicted octanol–water partition coefficient (Wildman–Crippen LogP) is 0.736. The van der Waals surface area contributed by atoms with E-state index in [1.807, 2.05) is 0 Å². The van der Waals surface area contributed by atoms with Gasteiger partial charge >= 0.3 is 5.97 Å². The van der Waals surface area contributed by atoms with Crippen molar-refractivity contribution in [3.8, 4) is 0 Å². The number of carbonyl (C=O) groups excluding carboxylic acids is 2. The van der Waals surface area contributed by atoms with E-state index >= 15 is 0 Å². The topological polar surface area (TPSA) is 87.6 Å². The summed E-state index contributed by atoms with van der Waals surface area (Å²) in [6, 6.07) is 0. The quantitative estimate of drug-likeness (QED) is 0.804. The van der Waals surface area contributed by atoms with Crippen molar-refractivity contribution >= 4 is 29.1 Å². The maximum Gasteiger partial charge on any atom is 0.365 e. The molecule has 2 heterocycles. The molecule has 1 aromatic heterocycles. The summed E-state index contributed by atoms with van der Waals surface area (Å²) in [5.74, 6) is -1.85. The summed E-state index contributed by atoms with van der Waals surface area (Å²) in [7, 11) is 0. The lowest BCUT2D eigenvalue weighted by molar-refractivity contribution is -0.139. The van der Waals surface area contributed by atoms with Gasteiger partial charge in [-0.3, -0.25) is 14.5 Å². The minimum absolute atomic E-state index is 0.0351. The average Bonchev–Trinajstić information content (AvgIpc) is 2.80. The first-order valence-electron chi connectivity index (χ1n) is 5.01. The van der Waals surface area contributed by atoms with Crippen molar-refractivity contribution in [1.82, 2.24) is 9.88 Å². The smallest absolute Gasteiger partial charge is 0.365 e. The maximum atomic E-state index is 11.6. The van der Waals surface area contributed by atoms with Gasteiger partial charge in [-0.05, 0) is 0 Å². The van der Waals surface area contributed by atoms with Crippen LogP contribution < -0.4 is 0 Å². The molecule has 0 aromatic carbocycles. The van der Waals surface area contributed by atoms with E-state index in [0.717, 1.165) is 16.2 Å². The Morgan fingerprint density at radius 2 is 2.35 bits per heavy atom. The SMILES string of the molecule is CC1CC(=O)N(Cc2csc(C(=O)O)n2)C1=O. The van der Waals surface area contributed by atoms with Gasteiger partial charge in [0.1, 0.15) is 0 Å². The van der Waals surface area contributed by atoms with E-state index in [-0.39, 0.29) is 35.7 Å². The van der Waals surface area contributed by atoms with Gasteiger partial charge in [-0.2, -0.15) is 0 Å². The number of aromatic nitrogens is 1. The molecule has 90 valence electrons. The molecule has 1 atom stereocenters. The Bertz CT molecular complexity index is 496. The fourth-order valence-electron chi connectivity index (χ4n) is 1.65. The molecule has 1 N–H and O–H groups in total. The molecule has 2 rings (SSSR count). The summed E-state index contributed by atoms with van der Waals surface area (Å²) in [6.07, 6.45) is 0.217. The van der Waals surface area contributed by atoms with E-state index in [4.69, 9.17) is 5.11 Å². The Labute approximate surface area is 101 Å². The highest BCUT2D eigenvalue weighted by Crippen LogP contribution is 2.21. The van der Waals surface area contributed by atoms with E-state index in [2.05, 4.69) is 4.98 Å². The summed E-state index contributed by atoms with van der Waals surface area (Å²) in [5, 5.41) is 10.2. The normalized spacial score (nSPS) is 20.1. The van der Waals surface area contributed by atoms with Crippen molar-refractivity contribution in [2.75, 3.05) is 0 Å². The third-order valence-corrected chi connectivity index (χ3v) is 3.40. The van der Waals surface area contributed by atoms with Crippen molar-refractivity contribution in [3.05, 3.63) is 16.1 Å². The second kappa shape index (κ2) is 4.25. The van der Waals surface area contributed by atoms with Gasteiger partial charge < -0.3 is 5.11 Å². The molecule has 1 saturated heterocycles. The Morgan fingerprint density at radius 3 is 2.82 bits per heavy atom. The van der Waals surface area contributed by atoms with Crippen LogP contribution in [0.3, 0.4) is 0 Å². The summed E-state index contributed by atoms with van der Waals surface area (Å²) >= 11 is 0.984. The first-order chi connectivity index (χ1) is 7.99. The minimum Gasteiger partial charge on any atom is -0.476 e. The van der Waals surface area contributed by atoms with E-state index in [1.54, 1.807) is 12.3 Å². The monoisotopic (exact) mass is 254 g/mol. The highest BCUT2D eigenvalue weighted by atomic mass is 32.1. The molecule has 1 fully saturated rings. The lowest BCUT2D eigenvalue weighted by Gasteiger charge is -2.11. The number of carboxylic acid groups (broad SMARTS) is 1. The first-order valence-corrected chi connectivity index (χ1v) is 5.89. The first kappa shape index (κ1) is 11.7. The molecular formula is C10H10N2O4S. The summed E-state index contributed by atoms with van der Waals surface area (Å²) < 4.78 is 0. The Hall–Kier alpha value is -1.76. The number of hydrogen-bond acceptors (Lipinski definition) is 5. The molecular weight excluding hydrogens is 244 g/mol. The molecule has 6 nitrogen and oxygen atoms in total. The molecule has 2 amide bonds. The van der Waals surface area contributed by atoms with Crippen LogP contribution >= 0.6 is 11.3 Å². The van der Waals surface area contributed by atoms with Crippen LogP contribution in [0.4, 0.5) is 0 Å². The predicted molar refractivity (Wildman–Crippen MR) is 58.4 cm³/mol. The molecule has 0 bridgehead atoms. The minimum atomic E-state index is -1.10. The fraction of sp³-hybridized carbons (Fsp3) is 0.400. The molecule has 0 radical (unpaired) electrons. The molecule has 1 aromatic rings. The highest BCUT2D eigenvalue weighted by molar-refractivity contribution is 7.11. The molecule has 17 heavy (non-hydrogen) atoms. The number of rotatable bonds is 3. The van der Waals surface area contributed by atoms with Crippen molar-refractivity contribution in [3.63, 3.8) is 0 Å². The fourth-order valence-corrected chi connectivity index (χ4v) is 2.30. The second-order valence-corrected chi connectivity index (χ2v) is 4.73. The standard InChI is InChI=1S/C10H10N2O4S/c1-5-2-7(13)12(9(5)14)3-6-4-17-8(11-6)10(15)16/h4-5H,2-3H2,1H3,(H,15,16). The Balaban J connectivity index is 2.13. The third-order valence-electron chi connectivity index (χ3n) is 2.52. The van der Waals surface area contributed by atoms with Crippen molar-refractivity contribution in [2.45, 2.75) is 19.9 Å². The maximum absolute atomic E-state index is 11.6. The van der Waals surface area contributed by atoms with Crippen LogP contribution in [0.1, 0.15) is 28.8 Å². The van der Waals surface area contributed by atoms with Crippen molar-refractivity contribution < 1.29 is 19.5 Å². The number of imide groups is 1. The van der Waals surface area contributed by atoms with Crippen LogP contribution in [-0.4, -0.2) is 32.8 Å². The van der Waals surface area contributed by atoms with Crippen molar-refractivity contribution in [1.29, 1.82) is 0 Å². The lowest BCUT2D eigenvalue weighted by atomic mass is 10.1. The molecule has 0 spiro atoms. The van der Waals surface area contributed by atoms with Crippen LogP contribution in [0.25, 0.3) is 0 Å². The molecule has 1 aliphatic heterocycles. The summed E-state index contributed by atoms with van der Waals surface area (Å²) in [4.78, 5) is 38.7. The van der Waals surface area contributed by atoms with E-state index < -0.39 is 5.97 Å². The molecule has 0 saturated carbocycles. The largest absolute Gasteiger partial charge is 0.476 e. The van der Waals surface area contributed by atoms with Crippen LogP contribution in [0.2, 0.25) is 0 Å². The molecule has 0 aliphatic carbocycles. The summed E-state index contributed by atoms with van der Waals surface area (Å²) in [6.45, 7) is 1.76. The lowest BCUT2D eigenvalue weighted by Crippen LogP contribution is -2.29. The van der Waals surface area contributed by atoms with Gasteiger partial charge in [0.2, 0.25) is 16.8 Å². The summed E-state index contributed by atoms with van der Waals surface area (Å²) in [5.41, 5.74) is 0.434. The van der Waals surface area contributed by atoms with Gasteiger partial charge in [0.25, 0.3) is 0 Å². The molecule has 7 heteroatoms. The molecule has 1 aliphatic rings. The van der Waals surface area contributed by atoms with Gasteiger partial charge in [0.05, 0.1) is 12.2 Å². The number of aromatic carboxylic acids is 1. The van der Waals surface area contributed by atoms with Gasteiger partial charge in [0.15, 0.2) is 0 Å². The van der Waals surface area contributed by atoms with E-state index in [0.29, 0.717) is 5.69 Å². The van der Waals surface area contributed by atoms with Gasteiger partial charge in [-0.15, -0.1) is 11.3 Å². The Kier molecular flexibility index (Phi) is 2.93. The van der Waals surface area contributed by atoms with Crippen LogP contribution in [0, 0.1) is 5.92 Å². The van der Waals surface area contributed by atoms with Crippen LogP contribution in [0.15, 0.2) is 5.38 Å². The number of carbonyl (C=O) groups is 3. The second-order valence-electron chi connectivity index (χ2n) is 3.87. The van der Waals surface area contributed by atoms with E-state index in [9.17, 15) is 14.4 Å². The third kappa shape index (κ3) is 2.19. The zero-order valence-corrected chi connectivity index (χ0v) is 9.86. The van der Waals surface area contributed by atoms with Gasteiger partial charge in [-0.25, -0.2) is 9.78 Å². The highest BCUT2D eigenvalue weighted by Gasteiger charge is 2.35.